The Morgan fingerprint density at radius 2 is 1.81 bits per heavy atom. The third-order valence-corrected chi connectivity index (χ3v) is 6.80. The first-order chi connectivity index (χ1) is 9.96. The van der Waals surface area contributed by atoms with Gasteiger partial charge in [-0.2, -0.15) is 17.0 Å². The van der Waals surface area contributed by atoms with Crippen molar-refractivity contribution in [1.29, 1.82) is 0 Å². The standard InChI is InChI=1S/C14H30N4O2S/c1-13-12-16(3)8-6-10-17(13)21(19,20)18-9-5-4-7-14(18)11-15-2/h13-15H,4-12H2,1-3H3. The Hall–Kier alpha value is -0.210. The third kappa shape index (κ3) is 3.96. The summed E-state index contributed by atoms with van der Waals surface area (Å²) in [6.45, 7) is 5.84. The summed E-state index contributed by atoms with van der Waals surface area (Å²) in [6, 6.07) is 0.140. The van der Waals surface area contributed by atoms with E-state index in [1.54, 1.807) is 8.61 Å². The van der Waals surface area contributed by atoms with Crippen molar-refractivity contribution in [2.45, 2.75) is 44.7 Å². The van der Waals surface area contributed by atoms with E-state index in [0.717, 1.165) is 45.3 Å². The van der Waals surface area contributed by atoms with Crippen molar-refractivity contribution in [3.63, 3.8) is 0 Å². The number of piperidine rings is 1. The molecule has 0 radical (unpaired) electrons. The van der Waals surface area contributed by atoms with Gasteiger partial charge < -0.3 is 10.2 Å². The van der Waals surface area contributed by atoms with Crippen LogP contribution in [0.1, 0.15) is 32.6 Å². The number of likely N-dealkylation sites (N-methyl/N-ethyl adjacent to an activating group) is 2. The van der Waals surface area contributed by atoms with Crippen LogP contribution in [0.25, 0.3) is 0 Å². The molecule has 0 aromatic rings. The van der Waals surface area contributed by atoms with Crippen molar-refractivity contribution in [2.75, 3.05) is 46.8 Å². The quantitative estimate of drug-likeness (QED) is 0.812. The van der Waals surface area contributed by atoms with Gasteiger partial charge >= 0.3 is 0 Å². The summed E-state index contributed by atoms with van der Waals surface area (Å²) in [7, 11) is 0.606. The van der Waals surface area contributed by atoms with Gasteiger partial charge in [0.25, 0.3) is 10.2 Å². The zero-order valence-electron chi connectivity index (χ0n) is 13.6. The van der Waals surface area contributed by atoms with Gasteiger partial charge in [-0.05, 0) is 46.8 Å². The second-order valence-corrected chi connectivity index (χ2v) is 8.24. The Morgan fingerprint density at radius 3 is 2.52 bits per heavy atom. The summed E-state index contributed by atoms with van der Waals surface area (Å²) in [5, 5.41) is 3.14. The Morgan fingerprint density at radius 1 is 1.10 bits per heavy atom. The highest BCUT2D eigenvalue weighted by Crippen LogP contribution is 2.25. The van der Waals surface area contributed by atoms with E-state index >= 15 is 0 Å². The molecule has 0 aliphatic carbocycles. The maximum atomic E-state index is 13.1. The van der Waals surface area contributed by atoms with Crippen LogP contribution in [0.15, 0.2) is 0 Å². The Balaban J connectivity index is 2.18. The molecule has 21 heavy (non-hydrogen) atoms. The zero-order valence-corrected chi connectivity index (χ0v) is 14.4. The van der Waals surface area contributed by atoms with Crippen LogP contribution in [0.3, 0.4) is 0 Å². The Labute approximate surface area is 129 Å². The highest BCUT2D eigenvalue weighted by Gasteiger charge is 2.38. The first kappa shape index (κ1) is 17.1. The lowest BCUT2D eigenvalue weighted by Crippen LogP contribution is -2.55. The molecule has 2 fully saturated rings. The minimum absolute atomic E-state index is 0.0414. The highest BCUT2D eigenvalue weighted by molar-refractivity contribution is 7.86. The van der Waals surface area contributed by atoms with Crippen molar-refractivity contribution in [3.8, 4) is 0 Å². The van der Waals surface area contributed by atoms with Gasteiger partial charge in [0.05, 0.1) is 0 Å². The van der Waals surface area contributed by atoms with E-state index in [4.69, 9.17) is 0 Å². The minimum atomic E-state index is -3.35. The summed E-state index contributed by atoms with van der Waals surface area (Å²) in [4.78, 5) is 2.22. The molecule has 0 saturated carbocycles. The third-order valence-electron chi connectivity index (χ3n) is 4.59. The second-order valence-electron chi connectivity index (χ2n) is 6.40. The Bertz CT molecular complexity index is 419. The largest absolute Gasteiger partial charge is 0.318 e. The zero-order chi connectivity index (χ0) is 15.5. The van der Waals surface area contributed by atoms with Gasteiger partial charge in [-0.1, -0.05) is 6.42 Å². The summed E-state index contributed by atoms with van der Waals surface area (Å²) in [5.41, 5.74) is 0. The fourth-order valence-electron chi connectivity index (χ4n) is 3.55. The molecule has 1 N–H and O–H groups in total. The van der Waals surface area contributed by atoms with Gasteiger partial charge in [0.1, 0.15) is 0 Å². The topological polar surface area (TPSA) is 55.9 Å². The van der Waals surface area contributed by atoms with Crippen LogP contribution in [-0.2, 0) is 10.2 Å². The maximum Gasteiger partial charge on any atom is 0.282 e. The predicted octanol–water partition coefficient (Wildman–Crippen LogP) is 0.331. The van der Waals surface area contributed by atoms with Gasteiger partial charge in [0, 0.05) is 38.3 Å². The number of hydrogen-bond acceptors (Lipinski definition) is 4. The Kier molecular flexibility index (Phi) is 6.02. The lowest BCUT2D eigenvalue weighted by molar-refractivity contribution is 0.215. The molecule has 0 bridgehead atoms. The molecule has 7 heteroatoms. The molecule has 2 heterocycles. The maximum absolute atomic E-state index is 13.1. The van der Waals surface area contributed by atoms with Crippen LogP contribution in [0.2, 0.25) is 0 Å². The molecule has 2 saturated heterocycles. The van der Waals surface area contributed by atoms with Crippen LogP contribution >= 0.6 is 0 Å². The van der Waals surface area contributed by atoms with E-state index in [0.29, 0.717) is 13.1 Å². The van der Waals surface area contributed by atoms with Crippen molar-refractivity contribution in [1.82, 2.24) is 18.8 Å². The number of nitrogens with one attached hydrogen (secondary N) is 1. The van der Waals surface area contributed by atoms with E-state index in [1.807, 2.05) is 14.0 Å². The van der Waals surface area contributed by atoms with Crippen LogP contribution in [-0.4, -0.2) is 80.8 Å². The molecule has 2 aliphatic heterocycles. The van der Waals surface area contributed by atoms with Crippen LogP contribution < -0.4 is 5.32 Å². The SMILES string of the molecule is CNCC1CCCCN1S(=O)(=O)N1CCCN(C)CC1C. The van der Waals surface area contributed by atoms with Crippen LogP contribution in [0.4, 0.5) is 0 Å². The summed E-state index contributed by atoms with van der Waals surface area (Å²) >= 11 is 0. The van der Waals surface area contributed by atoms with Crippen LogP contribution in [0.5, 0.6) is 0 Å². The average molecular weight is 318 g/mol. The van der Waals surface area contributed by atoms with Gasteiger partial charge in [-0.3, -0.25) is 0 Å². The molecule has 2 rings (SSSR count). The van der Waals surface area contributed by atoms with Crippen LogP contribution in [0, 0.1) is 0 Å². The lowest BCUT2D eigenvalue weighted by Gasteiger charge is -2.39. The minimum Gasteiger partial charge on any atom is -0.318 e. The summed E-state index contributed by atoms with van der Waals surface area (Å²) < 4.78 is 29.7. The molecule has 0 spiro atoms. The monoisotopic (exact) mass is 318 g/mol. The fourth-order valence-corrected chi connectivity index (χ4v) is 5.61. The average Bonchev–Trinajstić information content (AvgIpc) is 2.60. The van der Waals surface area contributed by atoms with Gasteiger partial charge in [0.15, 0.2) is 0 Å². The first-order valence-corrected chi connectivity index (χ1v) is 9.48. The smallest absolute Gasteiger partial charge is 0.282 e. The molecule has 2 aliphatic rings. The first-order valence-electron chi connectivity index (χ1n) is 8.08. The van der Waals surface area contributed by atoms with E-state index in [2.05, 4.69) is 17.3 Å². The predicted molar refractivity (Wildman–Crippen MR) is 85.5 cm³/mol. The van der Waals surface area contributed by atoms with Crippen molar-refractivity contribution in [2.24, 2.45) is 0 Å². The second kappa shape index (κ2) is 7.37. The van der Waals surface area contributed by atoms with E-state index < -0.39 is 10.2 Å². The molecule has 124 valence electrons. The molecule has 0 aromatic carbocycles. The number of nitrogens with zero attached hydrogens (tertiary/aromatic N) is 3. The molecule has 6 nitrogen and oxygen atoms in total. The van der Waals surface area contributed by atoms with Crippen molar-refractivity contribution in [3.05, 3.63) is 0 Å². The van der Waals surface area contributed by atoms with E-state index in [-0.39, 0.29) is 12.1 Å². The molecular weight excluding hydrogens is 288 g/mol. The molecule has 0 aromatic heterocycles. The number of rotatable bonds is 4. The molecule has 2 atom stereocenters. The summed E-state index contributed by atoms with van der Waals surface area (Å²) in [6.07, 6.45) is 3.96. The van der Waals surface area contributed by atoms with E-state index in [9.17, 15) is 8.42 Å². The van der Waals surface area contributed by atoms with Gasteiger partial charge in [-0.15, -0.1) is 0 Å². The summed E-state index contributed by atoms with van der Waals surface area (Å²) in [5.74, 6) is 0. The normalized spacial score (nSPS) is 31.2. The van der Waals surface area contributed by atoms with Gasteiger partial charge in [0.2, 0.25) is 0 Å². The van der Waals surface area contributed by atoms with Crippen molar-refractivity contribution >= 4 is 10.2 Å². The van der Waals surface area contributed by atoms with Crippen molar-refractivity contribution < 1.29 is 8.42 Å². The van der Waals surface area contributed by atoms with E-state index in [1.165, 1.54) is 0 Å². The molecular formula is C14H30N4O2S. The lowest BCUT2D eigenvalue weighted by atomic mass is 10.1. The number of hydrogen-bond donors (Lipinski definition) is 1. The fraction of sp³-hybridized carbons (Fsp3) is 1.00. The van der Waals surface area contributed by atoms with Gasteiger partial charge in [-0.25, -0.2) is 0 Å². The molecule has 0 amide bonds. The molecule has 2 unspecified atom stereocenters. The highest BCUT2D eigenvalue weighted by atomic mass is 32.2.